The Hall–Kier alpha value is 0.310. The highest BCUT2D eigenvalue weighted by Crippen LogP contribution is 2.71. The summed E-state index contributed by atoms with van der Waals surface area (Å²) in [6.07, 6.45) is 12.4. The lowest BCUT2D eigenvalue weighted by Gasteiger charge is -2.61. The summed E-state index contributed by atoms with van der Waals surface area (Å²) in [5.74, 6) is 5.11. The Bertz CT molecular complexity index is 524. The number of fused-ring (bicyclic) bond motifs is 5. The van der Waals surface area contributed by atoms with Crippen LogP contribution in [0.2, 0.25) is 0 Å². The molecule has 5 aliphatic rings. The van der Waals surface area contributed by atoms with E-state index in [-0.39, 0.29) is 5.41 Å². The molecule has 1 N–H and O–H groups in total. The maximum atomic E-state index is 11.0. The van der Waals surface area contributed by atoms with E-state index < -0.39 is 5.60 Å². The van der Waals surface area contributed by atoms with Crippen molar-refractivity contribution in [2.24, 2.45) is 34.5 Å². The SMILES string of the molecule is C[C@]12CC[C@]3(CS3)C[C@H]1CC[C@H]1[C@H]2CC[C@@]2(C)[C@H]1CC[C@]2(C)O. The highest BCUT2D eigenvalue weighted by Gasteiger charge is 2.64. The molecule has 1 spiro atoms. The fraction of sp³-hybridized carbons (Fsp3) is 1.00. The van der Waals surface area contributed by atoms with Crippen LogP contribution >= 0.6 is 11.8 Å². The lowest BCUT2D eigenvalue weighted by Crippen LogP contribution is -2.56. The first-order valence-electron chi connectivity index (χ1n) is 10.2. The molecule has 1 nitrogen and oxygen atoms in total. The van der Waals surface area contributed by atoms with Crippen molar-refractivity contribution in [3.63, 3.8) is 0 Å². The second kappa shape index (κ2) is 4.53. The van der Waals surface area contributed by atoms with Gasteiger partial charge in [0.15, 0.2) is 0 Å². The van der Waals surface area contributed by atoms with Gasteiger partial charge in [-0.05, 0) is 99.2 Å². The van der Waals surface area contributed by atoms with Gasteiger partial charge in [-0.3, -0.25) is 0 Å². The fourth-order valence-corrected chi connectivity index (χ4v) is 8.95. The molecule has 0 bridgehead atoms. The maximum absolute atomic E-state index is 11.0. The van der Waals surface area contributed by atoms with Gasteiger partial charge >= 0.3 is 0 Å². The van der Waals surface area contributed by atoms with Gasteiger partial charge < -0.3 is 5.11 Å². The first-order valence-corrected chi connectivity index (χ1v) is 11.1. The van der Waals surface area contributed by atoms with Crippen LogP contribution in [-0.4, -0.2) is 21.2 Å². The summed E-state index contributed by atoms with van der Waals surface area (Å²) in [5, 5.41) is 11.0. The Morgan fingerprint density at radius 2 is 1.61 bits per heavy atom. The van der Waals surface area contributed by atoms with E-state index in [0.717, 1.165) is 34.8 Å². The molecule has 1 aliphatic heterocycles. The Labute approximate surface area is 146 Å². The van der Waals surface area contributed by atoms with Gasteiger partial charge in [0.2, 0.25) is 0 Å². The topological polar surface area (TPSA) is 20.2 Å². The smallest absolute Gasteiger partial charge is 0.0675 e. The molecule has 130 valence electrons. The zero-order chi connectivity index (χ0) is 16.1. The third kappa shape index (κ3) is 1.92. The van der Waals surface area contributed by atoms with Gasteiger partial charge in [0.1, 0.15) is 0 Å². The minimum Gasteiger partial charge on any atom is -0.390 e. The van der Waals surface area contributed by atoms with Crippen LogP contribution in [0.3, 0.4) is 0 Å². The molecule has 23 heavy (non-hydrogen) atoms. The van der Waals surface area contributed by atoms with E-state index in [1.807, 2.05) is 0 Å². The molecule has 1 heterocycles. The average molecular weight is 335 g/mol. The van der Waals surface area contributed by atoms with E-state index in [0.29, 0.717) is 5.41 Å². The van der Waals surface area contributed by atoms with E-state index in [1.165, 1.54) is 57.1 Å². The van der Waals surface area contributed by atoms with Gasteiger partial charge in [0.25, 0.3) is 0 Å². The van der Waals surface area contributed by atoms with Crippen molar-refractivity contribution < 1.29 is 5.11 Å². The molecule has 0 aromatic rings. The van der Waals surface area contributed by atoms with Gasteiger partial charge in [-0.2, -0.15) is 11.8 Å². The van der Waals surface area contributed by atoms with Crippen molar-refractivity contribution in [3.05, 3.63) is 0 Å². The Kier molecular flexibility index (Phi) is 3.06. The van der Waals surface area contributed by atoms with E-state index in [1.54, 1.807) is 0 Å². The molecule has 8 atom stereocenters. The van der Waals surface area contributed by atoms with E-state index in [2.05, 4.69) is 32.5 Å². The third-order valence-corrected chi connectivity index (χ3v) is 11.4. The first-order chi connectivity index (χ1) is 10.8. The molecule has 0 unspecified atom stereocenters. The van der Waals surface area contributed by atoms with Gasteiger partial charge in [-0.25, -0.2) is 0 Å². The van der Waals surface area contributed by atoms with Crippen molar-refractivity contribution in [2.45, 2.75) is 88.9 Å². The lowest BCUT2D eigenvalue weighted by atomic mass is 9.44. The Morgan fingerprint density at radius 1 is 0.870 bits per heavy atom. The highest BCUT2D eigenvalue weighted by molar-refractivity contribution is 8.07. The van der Waals surface area contributed by atoms with Crippen molar-refractivity contribution in [1.82, 2.24) is 0 Å². The summed E-state index contributed by atoms with van der Waals surface area (Å²) >= 11 is 2.26. The third-order valence-electron chi connectivity index (χ3n) is 9.92. The molecule has 0 amide bonds. The number of rotatable bonds is 0. The maximum Gasteiger partial charge on any atom is 0.0675 e. The molecule has 4 saturated carbocycles. The summed E-state index contributed by atoms with van der Waals surface area (Å²) < 4.78 is 0.733. The summed E-state index contributed by atoms with van der Waals surface area (Å²) in [6, 6.07) is 0. The van der Waals surface area contributed by atoms with Crippen LogP contribution in [-0.2, 0) is 0 Å². The molecule has 0 aromatic carbocycles. The highest BCUT2D eigenvalue weighted by atomic mass is 32.2. The van der Waals surface area contributed by atoms with Gasteiger partial charge in [-0.1, -0.05) is 13.8 Å². The molecule has 1 saturated heterocycles. The molecule has 4 aliphatic carbocycles. The van der Waals surface area contributed by atoms with E-state index in [4.69, 9.17) is 0 Å². The van der Waals surface area contributed by atoms with Crippen LogP contribution < -0.4 is 0 Å². The van der Waals surface area contributed by atoms with Crippen LogP contribution in [0.15, 0.2) is 0 Å². The number of aliphatic hydroxyl groups is 1. The summed E-state index contributed by atoms with van der Waals surface area (Å²) in [4.78, 5) is 0. The van der Waals surface area contributed by atoms with Gasteiger partial charge in [0.05, 0.1) is 5.60 Å². The Morgan fingerprint density at radius 3 is 2.35 bits per heavy atom. The summed E-state index contributed by atoms with van der Waals surface area (Å²) in [7, 11) is 0. The van der Waals surface area contributed by atoms with Crippen molar-refractivity contribution in [2.75, 3.05) is 5.75 Å². The quantitative estimate of drug-likeness (QED) is 0.609. The van der Waals surface area contributed by atoms with E-state index in [9.17, 15) is 5.11 Å². The van der Waals surface area contributed by atoms with Crippen molar-refractivity contribution in [1.29, 1.82) is 0 Å². The lowest BCUT2D eigenvalue weighted by molar-refractivity contribution is -0.146. The molecular formula is C21H34OS. The monoisotopic (exact) mass is 334 g/mol. The predicted molar refractivity (Wildman–Crippen MR) is 97.5 cm³/mol. The van der Waals surface area contributed by atoms with E-state index >= 15 is 0 Å². The molecular weight excluding hydrogens is 300 g/mol. The normalized spacial score (nSPS) is 64.2. The first kappa shape index (κ1) is 15.6. The van der Waals surface area contributed by atoms with Crippen LogP contribution in [0.4, 0.5) is 0 Å². The molecule has 0 aromatic heterocycles. The summed E-state index contributed by atoms with van der Waals surface area (Å²) in [5.41, 5.74) is 0.397. The molecule has 5 fully saturated rings. The van der Waals surface area contributed by atoms with Crippen molar-refractivity contribution in [3.8, 4) is 0 Å². The van der Waals surface area contributed by atoms with Crippen molar-refractivity contribution >= 4 is 11.8 Å². The number of hydrogen-bond donors (Lipinski definition) is 1. The standard InChI is InChI=1S/C21H34OS/c1-18-10-11-21(13-23-21)12-14(18)4-5-15-16(18)6-8-19(2)17(15)7-9-20(19,3)22/h14-17,22H,4-13H2,1-3H3/t14-,15+,16-,17+,18+,19+,20+,21-/m1/s1. The van der Waals surface area contributed by atoms with Crippen LogP contribution in [0.25, 0.3) is 0 Å². The average Bonchev–Trinajstić information content (AvgIpc) is 3.21. The summed E-state index contributed by atoms with van der Waals surface area (Å²) in [6.45, 7) is 7.23. The second-order valence-electron chi connectivity index (χ2n) is 10.6. The minimum absolute atomic E-state index is 0.194. The molecule has 2 heteroatoms. The zero-order valence-corrected chi connectivity index (χ0v) is 16.1. The Balaban J connectivity index is 1.45. The largest absolute Gasteiger partial charge is 0.390 e. The van der Waals surface area contributed by atoms with Gasteiger partial charge in [-0.15, -0.1) is 0 Å². The zero-order valence-electron chi connectivity index (χ0n) is 15.2. The van der Waals surface area contributed by atoms with Crippen LogP contribution in [0, 0.1) is 34.5 Å². The second-order valence-corrected chi connectivity index (χ2v) is 12.0. The van der Waals surface area contributed by atoms with Crippen LogP contribution in [0.5, 0.6) is 0 Å². The molecule has 0 radical (unpaired) electrons. The molecule has 5 rings (SSSR count). The fourth-order valence-electron chi connectivity index (χ4n) is 7.92. The minimum atomic E-state index is -0.415. The van der Waals surface area contributed by atoms with Gasteiger partial charge in [0, 0.05) is 10.5 Å². The number of thioether (sulfide) groups is 1. The number of hydrogen-bond acceptors (Lipinski definition) is 2. The van der Waals surface area contributed by atoms with Crippen LogP contribution in [0.1, 0.15) is 78.6 Å². The predicted octanol–water partition coefficient (Wildman–Crippen LogP) is 5.27.